The second-order valence-corrected chi connectivity index (χ2v) is 9.01. The minimum atomic E-state index is -1.32. The molecule has 1 aromatic heterocycles. The molecule has 0 bridgehead atoms. The van der Waals surface area contributed by atoms with Crippen molar-refractivity contribution in [2.24, 2.45) is 17.6 Å². The Balaban J connectivity index is 1.73. The van der Waals surface area contributed by atoms with Crippen molar-refractivity contribution in [1.82, 2.24) is 4.57 Å². The lowest BCUT2D eigenvalue weighted by Gasteiger charge is -2.31. The fourth-order valence-corrected chi connectivity index (χ4v) is 5.05. The minimum absolute atomic E-state index is 0.0288. The summed E-state index contributed by atoms with van der Waals surface area (Å²) in [6.07, 6.45) is 3.66. The van der Waals surface area contributed by atoms with Gasteiger partial charge in [-0.15, -0.1) is 0 Å². The number of carboxylic acid groups (broad SMARTS) is 1. The van der Waals surface area contributed by atoms with E-state index in [0.29, 0.717) is 36.0 Å². The largest absolute Gasteiger partial charge is 0.487 e. The summed E-state index contributed by atoms with van der Waals surface area (Å²) in [6.45, 7) is 5.29. The average molecular weight is 401 g/mol. The van der Waals surface area contributed by atoms with Crippen molar-refractivity contribution in [1.29, 1.82) is 0 Å². The van der Waals surface area contributed by atoms with Gasteiger partial charge in [0, 0.05) is 24.8 Å². The predicted molar refractivity (Wildman–Crippen MR) is 106 cm³/mol. The molecule has 29 heavy (non-hydrogen) atoms. The Morgan fingerprint density at radius 3 is 2.79 bits per heavy atom. The smallest absolute Gasteiger partial charge is 0.341 e. The third-order valence-electron chi connectivity index (χ3n) is 6.68. The zero-order valence-electron chi connectivity index (χ0n) is 16.4. The van der Waals surface area contributed by atoms with Gasteiger partial charge >= 0.3 is 5.97 Å². The van der Waals surface area contributed by atoms with Crippen LogP contribution in [0.3, 0.4) is 0 Å². The molecule has 0 spiro atoms. The molecule has 3 N–H and O–H groups in total. The maximum Gasteiger partial charge on any atom is 0.341 e. The Morgan fingerprint density at radius 1 is 1.41 bits per heavy atom. The van der Waals surface area contributed by atoms with Gasteiger partial charge in [-0.2, -0.15) is 0 Å². The first-order valence-electron chi connectivity index (χ1n) is 10.0. The van der Waals surface area contributed by atoms with E-state index in [4.69, 9.17) is 10.5 Å². The Morgan fingerprint density at radius 2 is 2.14 bits per heavy atom. The molecule has 0 amide bonds. The number of carboxylic acids is 1. The summed E-state index contributed by atoms with van der Waals surface area (Å²) in [5.41, 5.74) is 5.84. The number of carbonyl (C=O) groups is 1. The Kier molecular flexibility index (Phi) is 3.78. The van der Waals surface area contributed by atoms with E-state index in [1.807, 2.05) is 18.7 Å². The number of nitrogens with zero attached hydrogens (tertiary/aromatic N) is 2. The van der Waals surface area contributed by atoms with Crippen LogP contribution in [0.5, 0.6) is 5.75 Å². The molecule has 2 aromatic rings. The van der Waals surface area contributed by atoms with Crippen LogP contribution in [0.2, 0.25) is 0 Å². The molecule has 3 atom stereocenters. The number of anilines is 1. The Bertz CT molecular complexity index is 1110. The molecule has 8 heteroatoms. The van der Waals surface area contributed by atoms with E-state index < -0.39 is 22.8 Å². The summed E-state index contributed by atoms with van der Waals surface area (Å²) in [6, 6.07) is 0.971. The summed E-state index contributed by atoms with van der Waals surface area (Å²) in [5.74, 6) is -0.744. The number of pyridine rings is 1. The van der Waals surface area contributed by atoms with Gasteiger partial charge in [0.2, 0.25) is 5.43 Å². The molecule has 0 radical (unpaired) electrons. The second kappa shape index (κ2) is 5.95. The van der Waals surface area contributed by atoms with Crippen LogP contribution in [0.1, 0.15) is 43.1 Å². The van der Waals surface area contributed by atoms with Gasteiger partial charge in [0.05, 0.1) is 16.9 Å². The van der Waals surface area contributed by atoms with Crippen molar-refractivity contribution in [2.75, 3.05) is 24.6 Å². The number of benzene rings is 1. The van der Waals surface area contributed by atoms with Crippen LogP contribution < -0.4 is 20.8 Å². The first-order chi connectivity index (χ1) is 13.7. The van der Waals surface area contributed by atoms with Gasteiger partial charge in [-0.3, -0.25) is 4.79 Å². The zero-order valence-corrected chi connectivity index (χ0v) is 16.4. The van der Waals surface area contributed by atoms with Gasteiger partial charge in [0.25, 0.3) is 0 Å². The maximum absolute atomic E-state index is 15.3. The first-order valence-corrected chi connectivity index (χ1v) is 10.0. The standard InChI is InChI=1S/C21H24FN3O4/c1-10-8-29-19-16-12(18(26)13(20(27)28)6-25(10)16)5-15(22)17(19)24-7-14(11-3-4-11)21(2,23)9-24/h5-6,10-11,14H,3-4,7-9,23H2,1-2H3,(H,27,28)/t10-,14?,21?/m0/s1. The molecule has 1 saturated heterocycles. The van der Waals surface area contributed by atoms with Crippen molar-refractivity contribution in [3.05, 3.63) is 33.9 Å². The number of halogens is 1. The number of nitrogens with two attached hydrogens (primary N) is 1. The summed E-state index contributed by atoms with van der Waals surface area (Å²) >= 11 is 0. The monoisotopic (exact) mass is 401 g/mol. The van der Waals surface area contributed by atoms with Gasteiger partial charge in [-0.05, 0) is 44.6 Å². The van der Waals surface area contributed by atoms with Gasteiger partial charge in [-0.25, -0.2) is 9.18 Å². The predicted octanol–water partition coefficient (Wildman–Crippen LogP) is 2.36. The molecule has 154 valence electrons. The third-order valence-corrected chi connectivity index (χ3v) is 6.68. The van der Waals surface area contributed by atoms with Gasteiger partial charge in [0.1, 0.15) is 17.9 Å². The van der Waals surface area contributed by atoms with E-state index in [2.05, 4.69) is 0 Å². The molecule has 1 aromatic carbocycles. The van der Waals surface area contributed by atoms with Gasteiger partial charge in [-0.1, -0.05) is 0 Å². The second-order valence-electron chi connectivity index (χ2n) is 9.01. The van der Waals surface area contributed by atoms with Gasteiger partial charge in [0.15, 0.2) is 11.6 Å². The molecule has 5 rings (SSSR count). The van der Waals surface area contributed by atoms with Crippen LogP contribution in [-0.4, -0.2) is 40.9 Å². The summed E-state index contributed by atoms with van der Waals surface area (Å²) < 4.78 is 23.0. The number of hydrogen-bond acceptors (Lipinski definition) is 5. The van der Waals surface area contributed by atoms with E-state index in [-0.39, 0.29) is 29.5 Å². The number of ether oxygens (including phenoxy) is 1. The molecule has 7 nitrogen and oxygen atoms in total. The fourth-order valence-electron chi connectivity index (χ4n) is 5.05. The van der Waals surface area contributed by atoms with Crippen molar-refractivity contribution in [2.45, 2.75) is 38.3 Å². The summed E-state index contributed by atoms with van der Waals surface area (Å²) in [5, 5.41) is 9.43. The van der Waals surface area contributed by atoms with E-state index >= 15 is 4.39 Å². The van der Waals surface area contributed by atoms with Crippen LogP contribution in [0.15, 0.2) is 17.1 Å². The quantitative estimate of drug-likeness (QED) is 0.819. The highest BCUT2D eigenvalue weighted by molar-refractivity contribution is 5.97. The van der Waals surface area contributed by atoms with Crippen molar-refractivity contribution >= 4 is 22.6 Å². The number of rotatable bonds is 3. The maximum atomic E-state index is 15.3. The summed E-state index contributed by atoms with van der Waals surface area (Å²) in [7, 11) is 0. The van der Waals surface area contributed by atoms with Crippen LogP contribution in [0, 0.1) is 17.7 Å². The topological polar surface area (TPSA) is 97.8 Å². The number of aromatic nitrogens is 1. The summed E-state index contributed by atoms with van der Waals surface area (Å²) in [4.78, 5) is 26.2. The molecule has 2 unspecified atom stereocenters. The van der Waals surface area contributed by atoms with E-state index in [9.17, 15) is 14.7 Å². The molecular weight excluding hydrogens is 377 g/mol. The van der Waals surface area contributed by atoms with E-state index in [1.54, 1.807) is 4.57 Å². The lowest BCUT2D eigenvalue weighted by Crippen LogP contribution is -2.45. The minimum Gasteiger partial charge on any atom is -0.487 e. The number of aromatic carboxylic acids is 1. The van der Waals surface area contributed by atoms with Crippen molar-refractivity contribution < 1.29 is 19.0 Å². The average Bonchev–Trinajstić information content (AvgIpc) is 3.42. The zero-order chi connectivity index (χ0) is 20.7. The lowest BCUT2D eigenvalue weighted by molar-refractivity contribution is 0.0694. The normalized spacial score (nSPS) is 28.6. The van der Waals surface area contributed by atoms with Crippen LogP contribution in [-0.2, 0) is 0 Å². The highest BCUT2D eigenvalue weighted by Crippen LogP contribution is 2.49. The molecule has 1 saturated carbocycles. The molecule has 2 aliphatic heterocycles. The van der Waals surface area contributed by atoms with Crippen LogP contribution in [0.4, 0.5) is 10.1 Å². The highest BCUT2D eigenvalue weighted by atomic mass is 19.1. The molecular formula is C21H24FN3O4. The molecule has 1 aliphatic carbocycles. The first kappa shape index (κ1) is 18.4. The number of hydrogen-bond donors (Lipinski definition) is 2. The van der Waals surface area contributed by atoms with Crippen LogP contribution >= 0.6 is 0 Å². The SMILES string of the molecule is C[C@H]1COc2c(N3CC(C4CC4)C(C)(N)C3)c(F)cc3c(=O)c(C(=O)O)cn1c23. The Hall–Kier alpha value is -2.61. The van der Waals surface area contributed by atoms with Crippen molar-refractivity contribution in [3.63, 3.8) is 0 Å². The van der Waals surface area contributed by atoms with Gasteiger partial charge < -0.3 is 25.0 Å². The third kappa shape index (κ3) is 2.65. The Labute approximate surface area is 166 Å². The van der Waals surface area contributed by atoms with E-state index in [1.165, 1.54) is 6.20 Å². The fraction of sp³-hybridized carbons (Fsp3) is 0.524. The molecule has 3 heterocycles. The molecule has 2 fully saturated rings. The molecule has 3 aliphatic rings. The highest BCUT2D eigenvalue weighted by Gasteiger charge is 2.49. The van der Waals surface area contributed by atoms with E-state index in [0.717, 1.165) is 18.9 Å². The van der Waals surface area contributed by atoms with Crippen molar-refractivity contribution in [3.8, 4) is 5.75 Å². The lowest BCUT2D eigenvalue weighted by atomic mass is 9.86. The van der Waals surface area contributed by atoms with Crippen LogP contribution in [0.25, 0.3) is 10.9 Å².